The highest BCUT2D eigenvalue weighted by Gasteiger charge is 2.34. The first-order chi connectivity index (χ1) is 12.5. The van der Waals surface area contributed by atoms with Crippen LogP contribution in [0.3, 0.4) is 0 Å². The number of fused-ring (bicyclic) bond motifs is 3. The lowest BCUT2D eigenvalue weighted by Gasteiger charge is -2.03. The van der Waals surface area contributed by atoms with Crippen LogP contribution in [0.1, 0.15) is 42.4 Å². The summed E-state index contributed by atoms with van der Waals surface area (Å²) in [6.45, 7) is 0.168. The first kappa shape index (κ1) is 15.6. The first-order valence-electron chi connectivity index (χ1n) is 8.09. The van der Waals surface area contributed by atoms with Gasteiger partial charge < -0.3 is 0 Å². The van der Waals surface area contributed by atoms with Crippen LogP contribution < -0.4 is 0 Å². The van der Waals surface area contributed by atoms with Crippen LogP contribution in [0.2, 0.25) is 5.02 Å². The summed E-state index contributed by atoms with van der Waals surface area (Å²) in [4.78, 5) is 8.83. The van der Waals surface area contributed by atoms with Gasteiger partial charge in [-0.3, -0.25) is 9.36 Å². The third-order valence-electron chi connectivity index (χ3n) is 4.53. The van der Waals surface area contributed by atoms with E-state index in [0.29, 0.717) is 22.8 Å². The third-order valence-corrected chi connectivity index (χ3v) is 4.92. The summed E-state index contributed by atoms with van der Waals surface area (Å²) in [6, 6.07) is 0. The smallest absolute Gasteiger partial charge is 0.260 e. The molecule has 0 bridgehead atoms. The summed E-state index contributed by atoms with van der Waals surface area (Å²) in [5.41, 5.74) is 1.56. The monoisotopic (exact) mass is 378 g/mol. The molecule has 26 heavy (non-hydrogen) atoms. The maximum absolute atomic E-state index is 13.2. The standard InChI is InChI=1S/C15H13ClF2N8/c1-24-14-8(4-20-24)15-21-9(22-26(15)6-19-14)5-25-12(7-2-3-7)10(16)11(23-25)13(17)18/h4,6-7,13H,2-3,5H2,1H3. The fourth-order valence-electron chi connectivity index (χ4n) is 3.16. The van der Waals surface area contributed by atoms with Crippen LogP contribution in [0.15, 0.2) is 12.5 Å². The second kappa shape index (κ2) is 5.44. The first-order valence-corrected chi connectivity index (χ1v) is 8.47. The maximum Gasteiger partial charge on any atom is 0.283 e. The summed E-state index contributed by atoms with van der Waals surface area (Å²) < 4.78 is 31.1. The highest BCUT2D eigenvalue weighted by atomic mass is 35.5. The highest BCUT2D eigenvalue weighted by Crippen LogP contribution is 2.45. The van der Waals surface area contributed by atoms with Crippen LogP contribution in [-0.2, 0) is 13.6 Å². The minimum Gasteiger partial charge on any atom is -0.260 e. The molecule has 0 saturated heterocycles. The van der Waals surface area contributed by atoms with E-state index in [4.69, 9.17) is 11.6 Å². The predicted molar refractivity (Wildman–Crippen MR) is 88.3 cm³/mol. The molecule has 0 aliphatic heterocycles. The van der Waals surface area contributed by atoms with E-state index in [-0.39, 0.29) is 23.2 Å². The van der Waals surface area contributed by atoms with Crippen molar-refractivity contribution in [1.82, 2.24) is 39.1 Å². The van der Waals surface area contributed by atoms with Gasteiger partial charge in [-0.15, -0.1) is 5.10 Å². The summed E-state index contributed by atoms with van der Waals surface area (Å²) in [5, 5.41) is 13.4. The van der Waals surface area contributed by atoms with Gasteiger partial charge in [0.2, 0.25) is 0 Å². The molecule has 1 aliphatic rings. The van der Waals surface area contributed by atoms with E-state index >= 15 is 0 Å². The number of hydrogen-bond acceptors (Lipinski definition) is 5. The number of hydrogen-bond donors (Lipinski definition) is 0. The second-order valence-electron chi connectivity index (χ2n) is 6.36. The summed E-state index contributed by atoms with van der Waals surface area (Å²) >= 11 is 6.15. The Balaban J connectivity index is 1.59. The Hall–Kier alpha value is -2.62. The van der Waals surface area contributed by atoms with E-state index in [1.54, 1.807) is 28.8 Å². The topological polar surface area (TPSA) is 78.7 Å². The Morgan fingerprint density at radius 1 is 1.27 bits per heavy atom. The van der Waals surface area contributed by atoms with E-state index in [2.05, 4.69) is 25.3 Å². The molecule has 0 spiro atoms. The number of aryl methyl sites for hydroxylation is 1. The molecule has 0 amide bonds. The molecule has 4 heterocycles. The van der Waals surface area contributed by atoms with Gasteiger partial charge in [0, 0.05) is 13.0 Å². The Morgan fingerprint density at radius 2 is 2.08 bits per heavy atom. The van der Waals surface area contributed by atoms with Crippen LogP contribution >= 0.6 is 11.6 Å². The molecule has 4 aromatic rings. The summed E-state index contributed by atoms with van der Waals surface area (Å²) in [5.74, 6) is 0.622. The molecule has 0 atom stereocenters. The lowest BCUT2D eigenvalue weighted by Crippen LogP contribution is -2.07. The van der Waals surface area contributed by atoms with Gasteiger partial charge in [-0.25, -0.2) is 23.3 Å². The number of rotatable bonds is 4. The van der Waals surface area contributed by atoms with Crippen molar-refractivity contribution < 1.29 is 8.78 Å². The van der Waals surface area contributed by atoms with Crippen LogP contribution in [-0.4, -0.2) is 39.1 Å². The fourth-order valence-corrected chi connectivity index (χ4v) is 3.54. The van der Waals surface area contributed by atoms with Crippen molar-refractivity contribution in [3.8, 4) is 0 Å². The molecular formula is C15H13ClF2N8. The molecule has 134 valence electrons. The van der Waals surface area contributed by atoms with Gasteiger partial charge in [-0.2, -0.15) is 10.2 Å². The SMILES string of the molecule is Cn1ncc2c1ncn1nc(Cn3nc(C(F)F)c(Cl)c3C3CC3)nc21. The molecule has 0 unspecified atom stereocenters. The van der Waals surface area contributed by atoms with Gasteiger partial charge in [0.05, 0.1) is 22.3 Å². The lowest BCUT2D eigenvalue weighted by molar-refractivity contribution is 0.145. The van der Waals surface area contributed by atoms with Gasteiger partial charge in [-0.05, 0) is 12.8 Å². The molecule has 1 aliphatic carbocycles. The third kappa shape index (κ3) is 2.28. The Labute approximate surface area is 150 Å². The lowest BCUT2D eigenvalue weighted by atomic mass is 10.2. The fraction of sp³-hybridized carbons (Fsp3) is 0.400. The number of aromatic nitrogens is 8. The average molecular weight is 379 g/mol. The van der Waals surface area contributed by atoms with Crippen LogP contribution in [0.25, 0.3) is 16.7 Å². The van der Waals surface area contributed by atoms with E-state index in [1.807, 2.05) is 0 Å². The molecule has 0 aromatic carbocycles. The average Bonchev–Trinajstić information content (AvgIpc) is 3.09. The van der Waals surface area contributed by atoms with Crippen molar-refractivity contribution in [2.75, 3.05) is 0 Å². The number of alkyl halides is 2. The van der Waals surface area contributed by atoms with E-state index in [0.717, 1.165) is 18.2 Å². The minimum atomic E-state index is -2.71. The molecule has 1 fully saturated rings. The largest absolute Gasteiger partial charge is 0.283 e. The highest BCUT2D eigenvalue weighted by molar-refractivity contribution is 6.32. The van der Waals surface area contributed by atoms with Crippen molar-refractivity contribution in [1.29, 1.82) is 0 Å². The zero-order valence-corrected chi connectivity index (χ0v) is 14.4. The van der Waals surface area contributed by atoms with Gasteiger partial charge in [0.25, 0.3) is 6.43 Å². The zero-order valence-electron chi connectivity index (χ0n) is 13.6. The van der Waals surface area contributed by atoms with Crippen molar-refractivity contribution in [3.63, 3.8) is 0 Å². The minimum absolute atomic E-state index is 0.0579. The predicted octanol–water partition coefficient (Wildman–Crippen LogP) is 2.72. The Bertz CT molecular complexity index is 1140. The Kier molecular flexibility index (Phi) is 3.27. The van der Waals surface area contributed by atoms with Crippen molar-refractivity contribution in [3.05, 3.63) is 34.8 Å². The van der Waals surface area contributed by atoms with Gasteiger partial charge in [0.1, 0.15) is 18.6 Å². The van der Waals surface area contributed by atoms with E-state index in [9.17, 15) is 8.78 Å². The second-order valence-corrected chi connectivity index (χ2v) is 6.74. The van der Waals surface area contributed by atoms with Crippen LogP contribution in [0, 0.1) is 0 Å². The van der Waals surface area contributed by atoms with E-state index < -0.39 is 6.43 Å². The quantitative estimate of drug-likeness (QED) is 0.545. The van der Waals surface area contributed by atoms with Crippen LogP contribution in [0.5, 0.6) is 0 Å². The van der Waals surface area contributed by atoms with Crippen molar-refractivity contribution >= 4 is 28.3 Å². The molecular weight excluding hydrogens is 366 g/mol. The maximum atomic E-state index is 13.2. The molecule has 0 N–H and O–H groups in total. The normalized spacial score (nSPS) is 15.0. The number of nitrogens with zero attached hydrogens (tertiary/aromatic N) is 8. The molecule has 11 heteroatoms. The summed E-state index contributed by atoms with van der Waals surface area (Å²) in [7, 11) is 1.79. The molecule has 0 radical (unpaired) electrons. The van der Waals surface area contributed by atoms with Gasteiger partial charge >= 0.3 is 0 Å². The van der Waals surface area contributed by atoms with Crippen molar-refractivity contribution in [2.45, 2.75) is 31.7 Å². The summed E-state index contributed by atoms with van der Waals surface area (Å²) in [6.07, 6.45) is 2.36. The van der Waals surface area contributed by atoms with Crippen molar-refractivity contribution in [2.24, 2.45) is 7.05 Å². The molecule has 8 nitrogen and oxygen atoms in total. The van der Waals surface area contributed by atoms with Gasteiger partial charge in [-0.1, -0.05) is 11.6 Å². The molecule has 5 rings (SSSR count). The molecule has 1 saturated carbocycles. The van der Waals surface area contributed by atoms with Crippen LogP contribution in [0.4, 0.5) is 8.78 Å². The van der Waals surface area contributed by atoms with Gasteiger partial charge in [0.15, 0.2) is 17.1 Å². The number of halogens is 3. The zero-order chi connectivity index (χ0) is 18.0. The Morgan fingerprint density at radius 3 is 2.81 bits per heavy atom. The van der Waals surface area contributed by atoms with E-state index in [1.165, 1.54) is 4.68 Å². The molecule has 4 aromatic heterocycles.